The third-order valence-corrected chi connectivity index (χ3v) is 9.10. The lowest BCUT2D eigenvalue weighted by molar-refractivity contribution is -0.571. The van der Waals surface area contributed by atoms with Crippen molar-refractivity contribution in [3.8, 4) is 5.75 Å². The number of amides is 1. The number of ketones is 1. The molecule has 0 radical (unpaired) electrons. The number of rotatable bonds is 7. The number of nitrogens with one attached hydrogen (secondary N) is 1. The van der Waals surface area contributed by atoms with Crippen LogP contribution in [0.3, 0.4) is 0 Å². The number of benzene rings is 1. The summed E-state index contributed by atoms with van der Waals surface area (Å²) in [4.78, 5) is 41.4. The van der Waals surface area contributed by atoms with Gasteiger partial charge in [0.05, 0.1) is 0 Å². The number of pyridine rings is 1. The molecule has 8 atom stereocenters. The predicted octanol–water partition coefficient (Wildman–Crippen LogP) is 4.68. The van der Waals surface area contributed by atoms with Crippen molar-refractivity contribution in [1.29, 1.82) is 0 Å². The molecule has 1 aliphatic carbocycles. The molecule has 7 rings (SSSR count). The molecule has 4 aliphatic heterocycles. The zero-order valence-electron chi connectivity index (χ0n) is 23.1. The van der Waals surface area contributed by atoms with Gasteiger partial charge in [0.2, 0.25) is 5.79 Å². The zero-order chi connectivity index (χ0) is 27.9. The van der Waals surface area contributed by atoms with E-state index in [1.165, 1.54) is 6.08 Å². The predicted molar refractivity (Wildman–Crippen MR) is 145 cm³/mol. The van der Waals surface area contributed by atoms with Crippen LogP contribution < -0.4 is 10.1 Å². The van der Waals surface area contributed by atoms with Crippen LogP contribution in [-0.4, -0.2) is 47.2 Å². The van der Waals surface area contributed by atoms with E-state index < -0.39 is 23.9 Å². The molecule has 2 aromatic rings. The summed E-state index contributed by atoms with van der Waals surface area (Å²) >= 11 is 0. The Balaban J connectivity index is 1.06. The normalized spacial score (nSPS) is 36.5. The maximum absolute atomic E-state index is 12.9. The summed E-state index contributed by atoms with van der Waals surface area (Å²) in [6, 6.07) is 10.4. The maximum Gasteiger partial charge on any atom is 0.259 e. The second-order valence-electron chi connectivity index (χ2n) is 11.7. The van der Waals surface area contributed by atoms with Gasteiger partial charge in [0.15, 0.2) is 24.3 Å². The summed E-state index contributed by atoms with van der Waals surface area (Å²) in [5.41, 5.74) is 0.752. The van der Waals surface area contributed by atoms with E-state index in [4.69, 9.17) is 24.0 Å². The Hall–Kier alpha value is -3.11. The summed E-state index contributed by atoms with van der Waals surface area (Å²) in [5, 5.41) is 3.01. The molecule has 9 heteroatoms. The van der Waals surface area contributed by atoms with E-state index in [2.05, 4.69) is 24.1 Å². The van der Waals surface area contributed by atoms with Crippen LogP contribution in [-0.2, 0) is 24.0 Å². The molecule has 40 heavy (non-hydrogen) atoms. The average Bonchev–Trinajstić information content (AvgIpc) is 3.20. The minimum absolute atomic E-state index is 0.00430. The topological polar surface area (TPSA) is 105 Å². The van der Waals surface area contributed by atoms with E-state index >= 15 is 0 Å². The number of nitrogens with zero attached hydrogens (tertiary/aromatic N) is 1. The number of fused-ring (bicyclic) bond motifs is 2. The number of carbonyl (C=O) groups is 2. The van der Waals surface area contributed by atoms with Gasteiger partial charge in [-0.3, -0.25) is 14.6 Å². The highest BCUT2D eigenvalue weighted by Crippen LogP contribution is 2.60. The Labute approximate surface area is 234 Å². The molecule has 1 N–H and O–H groups in total. The third-order valence-electron chi connectivity index (χ3n) is 9.10. The van der Waals surface area contributed by atoms with Crippen LogP contribution >= 0.6 is 0 Å². The number of aromatic nitrogens is 1. The molecule has 5 heterocycles. The first-order valence-electron chi connectivity index (χ1n) is 14.1. The molecule has 2 bridgehead atoms. The van der Waals surface area contributed by atoms with E-state index in [1.807, 2.05) is 19.1 Å². The van der Waals surface area contributed by atoms with Crippen molar-refractivity contribution < 1.29 is 33.6 Å². The van der Waals surface area contributed by atoms with Crippen LogP contribution in [0.5, 0.6) is 5.75 Å². The lowest BCUT2D eigenvalue weighted by atomic mass is 9.58. The summed E-state index contributed by atoms with van der Waals surface area (Å²) in [7, 11) is 0. The summed E-state index contributed by atoms with van der Waals surface area (Å²) in [6.07, 6.45) is 9.19. The van der Waals surface area contributed by atoms with Crippen LogP contribution in [0.4, 0.5) is 0 Å². The second-order valence-corrected chi connectivity index (χ2v) is 11.7. The van der Waals surface area contributed by atoms with Gasteiger partial charge in [0.25, 0.3) is 5.91 Å². The van der Waals surface area contributed by atoms with Crippen molar-refractivity contribution in [1.82, 2.24) is 10.3 Å². The Morgan fingerprint density at radius 2 is 1.82 bits per heavy atom. The summed E-state index contributed by atoms with van der Waals surface area (Å²) in [5.74, 6) is 0.0704. The first-order chi connectivity index (χ1) is 19.3. The smallest absolute Gasteiger partial charge is 0.259 e. The molecule has 1 spiro atoms. The van der Waals surface area contributed by atoms with Gasteiger partial charge in [0, 0.05) is 36.2 Å². The van der Waals surface area contributed by atoms with Crippen molar-refractivity contribution >= 4 is 17.8 Å². The molecular formula is C31H36N2O7. The number of hydrogen-bond acceptors (Lipinski definition) is 8. The van der Waals surface area contributed by atoms with Gasteiger partial charge < -0.3 is 19.5 Å². The molecule has 4 saturated heterocycles. The van der Waals surface area contributed by atoms with Gasteiger partial charge in [-0.1, -0.05) is 19.9 Å². The van der Waals surface area contributed by atoms with Crippen LogP contribution in [0.1, 0.15) is 62.4 Å². The van der Waals surface area contributed by atoms with Crippen molar-refractivity contribution in [3.05, 3.63) is 66.0 Å². The van der Waals surface area contributed by atoms with E-state index in [0.717, 1.165) is 31.2 Å². The average molecular weight is 549 g/mol. The number of ether oxygens (including phenoxy) is 3. The number of hydrogen-bond donors (Lipinski definition) is 1. The van der Waals surface area contributed by atoms with E-state index in [0.29, 0.717) is 17.2 Å². The molecule has 0 unspecified atom stereocenters. The Kier molecular flexibility index (Phi) is 7.25. The molecular weight excluding hydrogens is 512 g/mol. The molecule has 5 fully saturated rings. The molecule has 1 amide bonds. The lowest BCUT2D eigenvalue weighted by Crippen LogP contribution is -2.72. The van der Waals surface area contributed by atoms with Gasteiger partial charge in [0.1, 0.15) is 12.0 Å². The monoisotopic (exact) mass is 548 g/mol. The first-order valence-corrected chi connectivity index (χ1v) is 14.1. The quantitative estimate of drug-likeness (QED) is 0.302. The van der Waals surface area contributed by atoms with Crippen LogP contribution in [0.15, 0.2) is 54.9 Å². The molecule has 1 aromatic heterocycles. The minimum Gasteiger partial charge on any atom is -0.484 e. The van der Waals surface area contributed by atoms with Crippen molar-refractivity contribution in [2.24, 2.45) is 23.7 Å². The minimum atomic E-state index is -0.863. The van der Waals surface area contributed by atoms with Gasteiger partial charge >= 0.3 is 0 Å². The summed E-state index contributed by atoms with van der Waals surface area (Å²) < 4.78 is 18.5. The zero-order valence-corrected chi connectivity index (χ0v) is 23.1. The van der Waals surface area contributed by atoms with Gasteiger partial charge in [-0.15, -0.1) is 0 Å². The molecule has 212 valence electrons. The Morgan fingerprint density at radius 1 is 1.05 bits per heavy atom. The fourth-order valence-corrected chi connectivity index (χ4v) is 6.88. The number of allylic oxidation sites excluding steroid dienone is 1. The van der Waals surface area contributed by atoms with Crippen molar-refractivity contribution in [2.45, 2.75) is 70.4 Å². The van der Waals surface area contributed by atoms with E-state index in [1.54, 1.807) is 42.7 Å². The number of carbonyl (C=O) groups excluding carboxylic acids is 2. The standard InChI is InChI=1S/C31H36N2O7/c1-19-4-10-25-20(2)28(37-29-31(25)24(19)12-15-30(3,38-29)39-40-31)33-27(35)18-36-23-8-6-22(7-9-23)26(34)11-5-21-13-16-32-17-14-21/h5-9,11,13-14,16-17,19-20,24-25,28-29H,4,10,12,15,18H2,1-3H3,(H,33,35)/b11-5+/t19-,20-,24+,25+,28-,29-,30-,31-/m1/s1. The molecule has 9 nitrogen and oxygen atoms in total. The van der Waals surface area contributed by atoms with Crippen LogP contribution in [0.25, 0.3) is 6.08 Å². The second kappa shape index (κ2) is 10.7. The fourth-order valence-electron chi connectivity index (χ4n) is 6.88. The lowest BCUT2D eigenvalue weighted by Gasteiger charge is -2.60. The van der Waals surface area contributed by atoms with Gasteiger partial charge in [-0.25, -0.2) is 9.78 Å². The highest BCUT2D eigenvalue weighted by molar-refractivity contribution is 6.06. The fraction of sp³-hybridized carbons (Fsp3) is 0.516. The highest BCUT2D eigenvalue weighted by Gasteiger charge is 2.69. The Morgan fingerprint density at radius 3 is 2.60 bits per heavy atom. The first kappa shape index (κ1) is 27.1. The highest BCUT2D eigenvalue weighted by atomic mass is 17.3. The van der Waals surface area contributed by atoms with Crippen molar-refractivity contribution in [3.63, 3.8) is 0 Å². The largest absolute Gasteiger partial charge is 0.484 e. The van der Waals surface area contributed by atoms with E-state index in [9.17, 15) is 9.59 Å². The van der Waals surface area contributed by atoms with E-state index in [-0.39, 0.29) is 36.1 Å². The van der Waals surface area contributed by atoms with Crippen molar-refractivity contribution in [2.75, 3.05) is 6.61 Å². The van der Waals surface area contributed by atoms with Gasteiger partial charge in [-0.2, -0.15) is 0 Å². The third kappa shape index (κ3) is 4.96. The Bertz CT molecular complexity index is 1270. The molecule has 1 saturated carbocycles. The molecule has 5 aliphatic rings. The summed E-state index contributed by atoms with van der Waals surface area (Å²) in [6.45, 7) is 6.07. The SMILES string of the molecule is C[C@H]1[C@H](NC(=O)COc2ccc(C(=O)/C=C/c3ccncc3)cc2)O[C@@H]2O[C@@]3(C)CC[C@H]4[C@H](C)CC[C@@H]1[C@@]24OO3. The van der Waals surface area contributed by atoms with Crippen LogP contribution in [0, 0.1) is 23.7 Å². The van der Waals surface area contributed by atoms with Crippen LogP contribution in [0.2, 0.25) is 0 Å². The van der Waals surface area contributed by atoms with Gasteiger partial charge in [-0.05, 0) is 86.1 Å². The maximum atomic E-state index is 12.9. The molecule has 1 aromatic carbocycles.